The lowest BCUT2D eigenvalue weighted by molar-refractivity contribution is 0.0696. The van der Waals surface area contributed by atoms with Crippen molar-refractivity contribution in [1.82, 2.24) is 14.8 Å². The number of hydrogen-bond donors (Lipinski definition) is 2. The number of carbonyl (C=O) groups is 1. The number of nitrogens with one attached hydrogen (secondary N) is 1. The second kappa shape index (κ2) is 5.60. The molecule has 0 spiro atoms. The van der Waals surface area contributed by atoms with Gasteiger partial charge in [-0.25, -0.2) is 18.2 Å². The number of benzene rings is 1. The Hall–Kier alpha value is -2.94. The van der Waals surface area contributed by atoms with Crippen LogP contribution in [-0.4, -0.2) is 34.3 Å². The second-order valence-electron chi connectivity index (χ2n) is 5.24. The first kappa shape index (κ1) is 15.9. The van der Waals surface area contributed by atoms with Gasteiger partial charge >= 0.3 is 5.97 Å². The molecule has 3 aromatic rings. The fourth-order valence-corrected chi connectivity index (χ4v) is 3.45. The van der Waals surface area contributed by atoms with E-state index in [1.165, 1.54) is 24.4 Å². The van der Waals surface area contributed by atoms with Crippen molar-refractivity contribution >= 4 is 32.7 Å². The highest BCUT2D eigenvalue weighted by Gasteiger charge is 2.17. The average Bonchev–Trinajstić information content (AvgIpc) is 2.81. The number of pyridine rings is 1. The van der Waals surface area contributed by atoms with Crippen molar-refractivity contribution in [2.24, 2.45) is 7.05 Å². The lowest BCUT2D eigenvalue weighted by Crippen LogP contribution is -2.14. The topological polar surface area (TPSA) is 114 Å². The lowest BCUT2D eigenvalue weighted by Gasteiger charge is -2.08. The first-order chi connectivity index (χ1) is 11.3. The SMILES string of the molecule is Cc1nn(C)c2ncc(NS(=O)(=O)c3cccc(C(=O)O)c3)cc12. The number of sulfonamides is 1. The summed E-state index contributed by atoms with van der Waals surface area (Å²) in [6.45, 7) is 1.80. The van der Waals surface area contributed by atoms with E-state index in [-0.39, 0.29) is 16.1 Å². The summed E-state index contributed by atoms with van der Waals surface area (Å²) in [6.07, 6.45) is 1.39. The number of carboxylic acid groups (broad SMARTS) is 1. The standard InChI is InChI=1S/C15H14N4O4S/c1-9-13-7-11(8-16-14(13)19(2)17-9)18-24(22,23)12-5-3-4-10(6-12)15(20)21/h3-8,18H,1-2H3,(H,20,21). The normalized spacial score (nSPS) is 11.6. The van der Waals surface area contributed by atoms with Crippen molar-refractivity contribution in [3.8, 4) is 0 Å². The molecule has 2 heterocycles. The number of nitrogens with zero attached hydrogens (tertiary/aromatic N) is 3. The van der Waals surface area contributed by atoms with Crippen LogP contribution in [0.2, 0.25) is 0 Å². The van der Waals surface area contributed by atoms with Crippen LogP contribution in [0.4, 0.5) is 5.69 Å². The van der Waals surface area contributed by atoms with Crippen LogP contribution in [0.1, 0.15) is 16.1 Å². The van der Waals surface area contributed by atoms with Crippen molar-refractivity contribution in [2.75, 3.05) is 4.72 Å². The zero-order chi connectivity index (χ0) is 17.5. The van der Waals surface area contributed by atoms with Gasteiger partial charge in [-0.15, -0.1) is 0 Å². The number of rotatable bonds is 4. The highest BCUT2D eigenvalue weighted by molar-refractivity contribution is 7.92. The third-order valence-electron chi connectivity index (χ3n) is 3.51. The monoisotopic (exact) mass is 346 g/mol. The minimum Gasteiger partial charge on any atom is -0.478 e. The molecule has 1 aromatic carbocycles. The molecular formula is C15H14N4O4S. The van der Waals surface area contributed by atoms with Gasteiger partial charge in [0.2, 0.25) is 0 Å². The van der Waals surface area contributed by atoms with Gasteiger partial charge in [0.05, 0.1) is 28.0 Å². The summed E-state index contributed by atoms with van der Waals surface area (Å²) in [7, 11) is -2.17. The quantitative estimate of drug-likeness (QED) is 0.744. The summed E-state index contributed by atoms with van der Waals surface area (Å²) < 4.78 is 28.9. The third kappa shape index (κ3) is 2.81. The number of aromatic nitrogens is 3. The van der Waals surface area contributed by atoms with E-state index in [1.54, 1.807) is 24.7 Å². The van der Waals surface area contributed by atoms with Crippen LogP contribution in [0.25, 0.3) is 11.0 Å². The summed E-state index contributed by atoms with van der Waals surface area (Å²) in [5.41, 5.74) is 1.55. The number of hydrogen-bond acceptors (Lipinski definition) is 5. The van der Waals surface area contributed by atoms with Crippen LogP contribution < -0.4 is 4.72 Å². The van der Waals surface area contributed by atoms with Gasteiger partial charge in [-0.3, -0.25) is 9.40 Å². The number of carboxylic acids is 1. The molecule has 0 unspecified atom stereocenters. The number of aromatic carboxylic acids is 1. The Balaban J connectivity index is 1.99. The van der Waals surface area contributed by atoms with Crippen molar-refractivity contribution in [3.63, 3.8) is 0 Å². The molecule has 0 saturated heterocycles. The van der Waals surface area contributed by atoms with E-state index in [0.29, 0.717) is 5.65 Å². The fourth-order valence-electron chi connectivity index (χ4n) is 2.37. The van der Waals surface area contributed by atoms with E-state index in [9.17, 15) is 13.2 Å². The van der Waals surface area contributed by atoms with E-state index in [1.807, 2.05) is 0 Å². The highest BCUT2D eigenvalue weighted by atomic mass is 32.2. The Bertz CT molecular complexity index is 1060. The summed E-state index contributed by atoms with van der Waals surface area (Å²) in [5.74, 6) is -1.19. The molecule has 0 aliphatic carbocycles. The highest BCUT2D eigenvalue weighted by Crippen LogP contribution is 2.22. The third-order valence-corrected chi connectivity index (χ3v) is 4.89. The van der Waals surface area contributed by atoms with Gasteiger partial charge < -0.3 is 5.11 Å². The molecular weight excluding hydrogens is 332 g/mol. The Morgan fingerprint density at radius 2 is 2.04 bits per heavy atom. The van der Waals surface area contributed by atoms with Crippen LogP contribution in [0.15, 0.2) is 41.4 Å². The van der Waals surface area contributed by atoms with E-state index in [4.69, 9.17) is 5.11 Å². The predicted octanol–water partition coefficient (Wildman–Crippen LogP) is 1.78. The van der Waals surface area contributed by atoms with Gasteiger partial charge in [-0.1, -0.05) is 6.07 Å². The van der Waals surface area contributed by atoms with Crippen LogP contribution in [0, 0.1) is 6.92 Å². The molecule has 0 amide bonds. The molecule has 0 saturated carbocycles. The Morgan fingerprint density at radius 3 is 2.75 bits per heavy atom. The number of aryl methyl sites for hydroxylation is 2. The van der Waals surface area contributed by atoms with Gasteiger partial charge in [0.25, 0.3) is 10.0 Å². The zero-order valence-electron chi connectivity index (χ0n) is 12.9. The molecule has 3 rings (SSSR count). The van der Waals surface area contributed by atoms with Gasteiger partial charge in [0.15, 0.2) is 5.65 Å². The molecule has 8 nitrogen and oxygen atoms in total. The Kier molecular flexibility index (Phi) is 3.72. The molecule has 2 N–H and O–H groups in total. The van der Waals surface area contributed by atoms with Crippen molar-refractivity contribution < 1.29 is 18.3 Å². The van der Waals surface area contributed by atoms with Crippen molar-refractivity contribution in [2.45, 2.75) is 11.8 Å². The van der Waals surface area contributed by atoms with E-state index >= 15 is 0 Å². The second-order valence-corrected chi connectivity index (χ2v) is 6.93. The smallest absolute Gasteiger partial charge is 0.335 e. The first-order valence-corrected chi connectivity index (χ1v) is 8.42. The van der Waals surface area contributed by atoms with Crippen LogP contribution in [0.5, 0.6) is 0 Å². The minimum absolute atomic E-state index is 0.102. The van der Waals surface area contributed by atoms with Crippen molar-refractivity contribution in [1.29, 1.82) is 0 Å². The number of anilines is 1. The Morgan fingerprint density at radius 1 is 1.29 bits per heavy atom. The largest absolute Gasteiger partial charge is 0.478 e. The van der Waals surface area contributed by atoms with Crippen LogP contribution in [-0.2, 0) is 17.1 Å². The molecule has 9 heteroatoms. The van der Waals surface area contributed by atoms with Crippen LogP contribution >= 0.6 is 0 Å². The maximum atomic E-state index is 12.4. The van der Waals surface area contributed by atoms with Gasteiger partial charge in [0.1, 0.15) is 0 Å². The number of fused-ring (bicyclic) bond motifs is 1. The van der Waals surface area contributed by atoms with E-state index < -0.39 is 16.0 Å². The van der Waals surface area contributed by atoms with Gasteiger partial charge in [-0.2, -0.15) is 5.10 Å². The molecule has 0 radical (unpaired) electrons. The first-order valence-electron chi connectivity index (χ1n) is 6.93. The van der Waals surface area contributed by atoms with Gasteiger partial charge in [0, 0.05) is 12.4 Å². The lowest BCUT2D eigenvalue weighted by atomic mass is 10.2. The minimum atomic E-state index is -3.92. The maximum Gasteiger partial charge on any atom is 0.335 e. The van der Waals surface area contributed by atoms with Crippen molar-refractivity contribution in [3.05, 3.63) is 47.8 Å². The molecule has 0 aliphatic heterocycles. The summed E-state index contributed by atoms with van der Waals surface area (Å²) in [5, 5.41) is 13.9. The van der Waals surface area contributed by atoms with E-state index in [2.05, 4.69) is 14.8 Å². The molecule has 24 heavy (non-hydrogen) atoms. The molecule has 0 fully saturated rings. The fraction of sp³-hybridized carbons (Fsp3) is 0.133. The molecule has 0 atom stereocenters. The molecule has 0 bridgehead atoms. The molecule has 124 valence electrons. The molecule has 0 aliphatic rings. The van der Waals surface area contributed by atoms with E-state index in [0.717, 1.165) is 17.1 Å². The average molecular weight is 346 g/mol. The van der Waals surface area contributed by atoms with Crippen LogP contribution in [0.3, 0.4) is 0 Å². The molecule has 2 aromatic heterocycles. The zero-order valence-corrected chi connectivity index (χ0v) is 13.7. The maximum absolute atomic E-state index is 12.4. The summed E-state index contributed by atoms with van der Waals surface area (Å²) in [4.78, 5) is 15.1. The summed E-state index contributed by atoms with van der Waals surface area (Å²) in [6, 6.07) is 6.78. The van der Waals surface area contributed by atoms with Gasteiger partial charge in [-0.05, 0) is 31.2 Å². The summed E-state index contributed by atoms with van der Waals surface area (Å²) >= 11 is 0. The predicted molar refractivity (Wildman–Crippen MR) is 87.5 cm³/mol. The Labute approximate surface area is 137 Å².